The lowest BCUT2D eigenvalue weighted by Gasteiger charge is -2.32. The summed E-state index contributed by atoms with van der Waals surface area (Å²) in [6.45, 7) is 10.1. The number of rotatable bonds is 2. The molecule has 0 aromatic carbocycles. The van der Waals surface area contributed by atoms with Crippen LogP contribution < -0.4 is 0 Å². The van der Waals surface area contributed by atoms with Crippen LogP contribution in [0.4, 0.5) is 0 Å². The molecule has 0 aromatic heterocycles. The van der Waals surface area contributed by atoms with Gasteiger partial charge in [0, 0.05) is 19.3 Å². The second-order valence-electron chi connectivity index (χ2n) is 2.57. The molecule has 1 saturated heterocycles. The maximum absolute atomic E-state index is 4.17. The highest BCUT2D eigenvalue weighted by atomic mass is 31.0. The van der Waals surface area contributed by atoms with Crippen molar-refractivity contribution in [3.8, 4) is 0 Å². The van der Waals surface area contributed by atoms with Crippen molar-refractivity contribution < 1.29 is 0 Å². The molecule has 4 heteroatoms. The van der Waals surface area contributed by atoms with E-state index in [1.807, 2.05) is 4.90 Å². The highest BCUT2D eigenvalue weighted by Gasteiger charge is 2.16. The third-order valence-corrected chi connectivity index (χ3v) is 2.21. The molecule has 0 aliphatic carbocycles. The van der Waals surface area contributed by atoms with Crippen molar-refractivity contribution in [3.05, 3.63) is 25.6 Å². The molecular weight excluding hydrogens is 169 g/mol. The van der Waals surface area contributed by atoms with E-state index in [-0.39, 0.29) is 0 Å². The van der Waals surface area contributed by atoms with Crippen LogP contribution in [0.25, 0.3) is 0 Å². The van der Waals surface area contributed by atoms with Crippen LogP contribution >= 0.6 is 9.39 Å². The van der Waals surface area contributed by atoms with Crippen LogP contribution in [0.1, 0.15) is 0 Å². The van der Waals surface area contributed by atoms with E-state index in [1.54, 1.807) is 12.4 Å². The van der Waals surface area contributed by atoms with Crippen LogP contribution in [-0.4, -0.2) is 35.0 Å². The lowest BCUT2D eigenvalue weighted by Crippen LogP contribution is -2.43. The minimum Gasteiger partial charge on any atom is -0.335 e. The second kappa shape index (κ2) is 4.39. The van der Waals surface area contributed by atoms with Crippen molar-refractivity contribution in [3.63, 3.8) is 0 Å². The monoisotopic (exact) mass is 183 g/mol. The zero-order valence-electron chi connectivity index (χ0n) is 7.11. The number of nitrogens with zero attached hydrogens (tertiary/aromatic N) is 3. The molecule has 1 fully saturated rings. The number of hydrogen-bond acceptors (Lipinski definition) is 2. The SMILES string of the molecule is C=C/N=C1/CN(P)CCN1C=C. The summed E-state index contributed by atoms with van der Waals surface area (Å²) in [5.74, 6) is 1.00. The van der Waals surface area contributed by atoms with E-state index in [0.29, 0.717) is 0 Å². The summed E-state index contributed by atoms with van der Waals surface area (Å²) in [5, 5.41) is 0. The first-order chi connectivity index (χ1) is 5.77. The van der Waals surface area contributed by atoms with Gasteiger partial charge in [0.1, 0.15) is 5.84 Å². The number of hydrogen-bond donors (Lipinski definition) is 0. The third kappa shape index (κ3) is 2.16. The van der Waals surface area contributed by atoms with Crippen LogP contribution in [0.2, 0.25) is 0 Å². The number of aliphatic imine (C=N–C) groups is 1. The Labute approximate surface area is 75.7 Å². The Balaban J connectivity index is 2.70. The van der Waals surface area contributed by atoms with Crippen molar-refractivity contribution in [1.29, 1.82) is 0 Å². The van der Waals surface area contributed by atoms with E-state index in [2.05, 4.69) is 32.2 Å². The van der Waals surface area contributed by atoms with Crippen LogP contribution in [0.15, 0.2) is 30.6 Å². The zero-order valence-corrected chi connectivity index (χ0v) is 8.26. The fourth-order valence-corrected chi connectivity index (χ4v) is 1.41. The van der Waals surface area contributed by atoms with Gasteiger partial charge >= 0.3 is 0 Å². The smallest absolute Gasteiger partial charge is 0.123 e. The van der Waals surface area contributed by atoms with Gasteiger partial charge in [-0.1, -0.05) is 22.5 Å². The Morgan fingerprint density at radius 3 is 2.75 bits per heavy atom. The molecular formula is C8H14N3P. The first kappa shape index (κ1) is 9.43. The summed E-state index contributed by atoms with van der Waals surface area (Å²) in [7, 11) is 2.67. The fraction of sp³-hybridized carbons (Fsp3) is 0.375. The fourth-order valence-electron chi connectivity index (χ4n) is 1.13. The van der Waals surface area contributed by atoms with Gasteiger partial charge in [-0.15, -0.1) is 0 Å². The molecule has 1 unspecified atom stereocenters. The Kier molecular flexibility index (Phi) is 3.45. The lowest BCUT2D eigenvalue weighted by atomic mass is 10.3. The molecule has 0 aromatic rings. The van der Waals surface area contributed by atoms with Gasteiger partial charge < -0.3 is 4.90 Å². The molecule has 66 valence electrons. The molecule has 1 atom stereocenters. The van der Waals surface area contributed by atoms with Crippen molar-refractivity contribution in [2.75, 3.05) is 19.6 Å². The first-order valence-electron chi connectivity index (χ1n) is 3.84. The maximum atomic E-state index is 4.17. The summed E-state index contributed by atoms with van der Waals surface area (Å²) in [6.07, 6.45) is 3.37. The van der Waals surface area contributed by atoms with Crippen molar-refractivity contribution in [2.24, 2.45) is 4.99 Å². The second-order valence-corrected chi connectivity index (χ2v) is 3.30. The predicted molar refractivity (Wildman–Crippen MR) is 55.8 cm³/mol. The Morgan fingerprint density at radius 1 is 1.42 bits per heavy atom. The molecule has 0 spiro atoms. The highest BCUT2D eigenvalue weighted by molar-refractivity contribution is 7.13. The van der Waals surface area contributed by atoms with Gasteiger partial charge in [-0.3, -0.25) is 4.67 Å². The maximum Gasteiger partial charge on any atom is 0.123 e. The average molecular weight is 183 g/mol. The average Bonchev–Trinajstić information content (AvgIpc) is 2.05. The summed E-state index contributed by atoms with van der Waals surface area (Å²) >= 11 is 0. The largest absolute Gasteiger partial charge is 0.335 e. The van der Waals surface area contributed by atoms with Crippen LogP contribution in [0.5, 0.6) is 0 Å². The predicted octanol–water partition coefficient (Wildman–Crippen LogP) is 1.08. The molecule has 1 aliphatic heterocycles. The molecule has 0 amide bonds. The molecule has 1 heterocycles. The van der Waals surface area contributed by atoms with Crippen molar-refractivity contribution >= 4 is 15.2 Å². The molecule has 1 aliphatic rings. The van der Waals surface area contributed by atoms with E-state index < -0.39 is 0 Å². The summed E-state index contributed by atoms with van der Waals surface area (Å²) in [6, 6.07) is 0. The minimum atomic E-state index is 0.836. The van der Waals surface area contributed by atoms with Gasteiger partial charge in [0.15, 0.2) is 0 Å². The standard InChI is InChI=1S/C8H14N3P/c1-3-9-8-7-11(12)6-5-10(8)4-2/h3-4H,1-2,5-7,12H2/b9-8-. The zero-order chi connectivity index (χ0) is 8.97. The normalized spacial score (nSPS) is 22.8. The van der Waals surface area contributed by atoms with E-state index in [9.17, 15) is 0 Å². The summed E-state index contributed by atoms with van der Waals surface area (Å²) in [5.41, 5.74) is 0. The Hall–Kier alpha value is -0.660. The van der Waals surface area contributed by atoms with Gasteiger partial charge in [-0.2, -0.15) is 0 Å². The molecule has 3 nitrogen and oxygen atoms in total. The number of amidine groups is 1. The van der Waals surface area contributed by atoms with Crippen LogP contribution in [0, 0.1) is 0 Å². The van der Waals surface area contributed by atoms with Gasteiger partial charge in [-0.05, 0) is 6.20 Å². The molecule has 0 bridgehead atoms. The van der Waals surface area contributed by atoms with E-state index >= 15 is 0 Å². The van der Waals surface area contributed by atoms with Crippen molar-refractivity contribution in [2.45, 2.75) is 0 Å². The quantitative estimate of drug-likeness (QED) is 0.596. The summed E-state index contributed by atoms with van der Waals surface area (Å²) in [4.78, 5) is 6.21. The molecule has 12 heavy (non-hydrogen) atoms. The van der Waals surface area contributed by atoms with Gasteiger partial charge in [0.2, 0.25) is 0 Å². The van der Waals surface area contributed by atoms with E-state index in [0.717, 1.165) is 25.5 Å². The molecule has 1 rings (SSSR count). The molecule has 0 saturated carbocycles. The third-order valence-electron chi connectivity index (χ3n) is 1.76. The minimum absolute atomic E-state index is 0.836. The van der Waals surface area contributed by atoms with E-state index in [1.165, 1.54) is 0 Å². The van der Waals surface area contributed by atoms with Gasteiger partial charge in [0.25, 0.3) is 0 Å². The van der Waals surface area contributed by atoms with E-state index in [4.69, 9.17) is 0 Å². The van der Waals surface area contributed by atoms with Gasteiger partial charge in [-0.25, -0.2) is 4.99 Å². The molecule has 0 radical (unpaired) electrons. The van der Waals surface area contributed by atoms with Crippen molar-refractivity contribution in [1.82, 2.24) is 9.57 Å². The molecule has 0 N–H and O–H groups in total. The van der Waals surface area contributed by atoms with Crippen LogP contribution in [-0.2, 0) is 0 Å². The highest BCUT2D eigenvalue weighted by Crippen LogP contribution is 2.08. The Bertz CT molecular complexity index is 212. The van der Waals surface area contributed by atoms with Gasteiger partial charge in [0.05, 0.1) is 6.54 Å². The topological polar surface area (TPSA) is 18.8 Å². The summed E-state index contributed by atoms with van der Waals surface area (Å²) < 4.78 is 2.14. The first-order valence-corrected chi connectivity index (χ1v) is 4.36. The van der Waals surface area contributed by atoms with Crippen LogP contribution in [0.3, 0.4) is 0 Å². The Morgan fingerprint density at radius 2 is 2.17 bits per heavy atom. The lowest BCUT2D eigenvalue weighted by molar-refractivity contribution is 0.390. The number of piperazine rings is 1.